The van der Waals surface area contributed by atoms with Crippen LogP contribution in [-0.4, -0.2) is 29.0 Å². The number of hydrogen-bond donors (Lipinski definition) is 1. The van der Waals surface area contributed by atoms with Crippen molar-refractivity contribution in [2.24, 2.45) is 0 Å². The van der Waals surface area contributed by atoms with E-state index >= 15 is 0 Å². The van der Waals surface area contributed by atoms with Gasteiger partial charge in [-0.05, 0) is 25.0 Å². The van der Waals surface area contributed by atoms with E-state index in [9.17, 15) is 14.3 Å². The molecule has 1 aromatic carbocycles. The van der Waals surface area contributed by atoms with Gasteiger partial charge in [-0.3, -0.25) is 4.79 Å². The number of carbonyl (C=O) groups is 1. The van der Waals surface area contributed by atoms with Crippen LogP contribution in [-0.2, 0) is 0 Å². The Morgan fingerprint density at radius 3 is 2.61 bits per heavy atom. The number of phenolic OH excluding ortho intramolecular Hbond substituents is 1. The first-order valence-electron chi connectivity index (χ1n) is 6.36. The van der Waals surface area contributed by atoms with Crippen LogP contribution in [0.3, 0.4) is 0 Å². The molecule has 0 aliphatic heterocycles. The molecule has 1 aliphatic carbocycles. The molecule has 0 heterocycles. The van der Waals surface area contributed by atoms with Crippen molar-refractivity contribution in [2.75, 3.05) is 7.05 Å². The van der Waals surface area contributed by atoms with Gasteiger partial charge in [0, 0.05) is 13.1 Å². The fourth-order valence-corrected chi connectivity index (χ4v) is 2.53. The smallest absolute Gasteiger partial charge is 0.260 e. The summed E-state index contributed by atoms with van der Waals surface area (Å²) in [7, 11) is 1.68. The largest absolute Gasteiger partial charge is 0.507 e. The van der Waals surface area contributed by atoms with Crippen molar-refractivity contribution in [3.63, 3.8) is 0 Å². The zero-order chi connectivity index (χ0) is 13.1. The molecular formula is C14H18FNO2. The average molecular weight is 251 g/mol. The lowest BCUT2D eigenvalue weighted by Crippen LogP contribution is -2.38. The molecule has 0 spiro atoms. The summed E-state index contributed by atoms with van der Waals surface area (Å²) in [4.78, 5) is 13.8. The number of carbonyl (C=O) groups excluding carboxylic acids is 1. The van der Waals surface area contributed by atoms with Gasteiger partial charge in [-0.2, -0.15) is 0 Å². The van der Waals surface area contributed by atoms with Crippen molar-refractivity contribution in [1.82, 2.24) is 4.90 Å². The van der Waals surface area contributed by atoms with Gasteiger partial charge in [0.1, 0.15) is 17.1 Å². The van der Waals surface area contributed by atoms with Gasteiger partial charge in [-0.1, -0.05) is 25.3 Å². The Labute approximate surface area is 106 Å². The fraction of sp³-hybridized carbons (Fsp3) is 0.500. The quantitative estimate of drug-likeness (QED) is 0.878. The second-order valence-corrected chi connectivity index (χ2v) is 4.84. The predicted octanol–water partition coefficient (Wildman–Crippen LogP) is 2.94. The van der Waals surface area contributed by atoms with Crippen LogP contribution in [0.5, 0.6) is 5.75 Å². The summed E-state index contributed by atoms with van der Waals surface area (Å²) >= 11 is 0. The third-order valence-corrected chi connectivity index (χ3v) is 3.65. The van der Waals surface area contributed by atoms with Crippen LogP contribution in [0.25, 0.3) is 0 Å². The molecule has 0 radical (unpaired) electrons. The maximum absolute atomic E-state index is 13.6. The highest BCUT2D eigenvalue weighted by atomic mass is 19.1. The van der Waals surface area contributed by atoms with E-state index in [-0.39, 0.29) is 17.4 Å². The minimum Gasteiger partial charge on any atom is -0.507 e. The number of hydrogen-bond acceptors (Lipinski definition) is 2. The SMILES string of the molecule is CN(C(=O)c1c(O)cccc1F)C1CCCCC1. The van der Waals surface area contributed by atoms with Gasteiger partial charge in [0.2, 0.25) is 0 Å². The maximum atomic E-state index is 13.6. The molecule has 98 valence electrons. The van der Waals surface area contributed by atoms with Crippen LogP contribution in [0.4, 0.5) is 4.39 Å². The Bertz CT molecular complexity index is 421. The van der Waals surface area contributed by atoms with Gasteiger partial charge in [0.15, 0.2) is 0 Å². The van der Waals surface area contributed by atoms with Crippen LogP contribution in [0.15, 0.2) is 18.2 Å². The van der Waals surface area contributed by atoms with Crippen molar-refractivity contribution >= 4 is 5.91 Å². The van der Waals surface area contributed by atoms with Crippen molar-refractivity contribution in [1.29, 1.82) is 0 Å². The van der Waals surface area contributed by atoms with E-state index < -0.39 is 11.7 Å². The number of aromatic hydroxyl groups is 1. The van der Waals surface area contributed by atoms with E-state index in [4.69, 9.17) is 0 Å². The molecule has 2 rings (SSSR count). The van der Waals surface area contributed by atoms with Crippen LogP contribution in [0.1, 0.15) is 42.5 Å². The van der Waals surface area contributed by atoms with Crippen molar-refractivity contribution in [2.45, 2.75) is 38.1 Å². The van der Waals surface area contributed by atoms with Crippen LogP contribution in [0.2, 0.25) is 0 Å². The normalized spacial score (nSPS) is 16.6. The molecule has 0 bridgehead atoms. The number of nitrogens with zero attached hydrogens (tertiary/aromatic N) is 1. The van der Waals surface area contributed by atoms with Gasteiger partial charge < -0.3 is 10.0 Å². The summed E-state index contributed by atoms with van der Waals surface area (Å²) in [5.74, 6) is -1.39. The Morgan fingerprint density at radius 2 is 2.00 bits per heavy atom. The number of phenols is 1. The number of amides is 1. The van der Waals surface area contributed by atoms with E-state index in [1.807, 2.05) is 0 Å². The highest BCUT2D eigenvalue weighted by Crippen LogP contribution is 2.26. The third kappa shape index (κ3) is 2.47. The van der Waals surface area contributed by atoms with E-state index in [0.29, 0.717) is 0 Å². The molecule has 1 fully saturated rings. The topological polar surface area (TPSA) is 40.5 Å². The highest BCUT2D eigenvalue weighted by Gasteiger charge is 2.26. The number of rotatable bonds is 2. The van der Waals surface area contributed by atoms with Crippen LogP contribution >= 0.6 is 0 Å². The highest BCUT2D eigenvalue weighted by molar-refractivity contribution is 5.97. The molecule has 0 unspecified atom stereocenters. The average Bonchev–Trinajstić information content (AvgIpc) is 2.38. The van der Waals surface area contributed by atoms with Crippen molar-refractivity contribution in [3.05, 3.63) is 29.6 Å². The minimum atomic E-state index is -0.664. The van der Waals surface area contributed by atoms with Crippen molar-refractivity contribution < 1.29 is 14.3 Å². The Morgan fingerprint density at radius 1 is 1.33 bits per heavy atom. The summed E-state index contributed by atoms with van der Waals surface area (Å²) < 4.78 is 13.6. The van der Waals surface area contributed by atoms with E-state index in [2.05, 4.69) is 0 Å². The predicted molar refractivity (Wildman–Crippen MR) is 67.0 cm³/mol. The first-order chi connectivity index (χ1) is 8.61. The van der Waals surface area contributed by atoms with Gasteiger partial charge in [-0.25, -0.2) is 4.39 Å². The Balaban J connectivity index is 2.19. The van der Waals surface area contributed by atoms with E-state index in [1.54, 1.807) is 11.9 Å². The summed E-state index contributed by atoms with van der Waals surface area (Å²) in [6.45, 7) is 0. The zero-order valence-corrected chi connectivity index (χ0v) is 10.5. The molecule has 1 amide bonds. The van der Waals surface area contributed by atoms with Crippen LogP contribution in [0, 0.1) is 5.82 Å². The molecule has 18 heavy (non-hydrogen) atoms. The molecule has 0 saturated heterocycles. The first-order valence-corrected chi connectivity index (χ1v) is 6.36. The minimum absolute atomic E-state index is 0.158. The Kier molecular flexibility index (Phi) is 3.84. The molecule has 3 nitrogen and oxygen atoms in total. The lowest BCUT2D eigenvalue weighted by atomic mass is 9.94. The van der Waals surface area contributed by atoms with Gasteiger partial charge in [0.25, 0.3) is 5.91 Å². The second kappa shape index (κ2) is 5.38. The van der Waals surface area contributed by atoms with Gasteiger partial charge in [-0.15, -0.1) is 0 Å². The molecule has 0 aromatic heterocycles. The standard InChI is InChI=1S/C14H18FNO2/c1-16(10-6-3-2-4-7-10)14(18)13-11(15)8-5-9-12(13)17/h5,8-10,17H,2-4,6-7H2,1H3. The zero-order valence-electron chi connectivity index (χ0n) is 10.5. The van der Waals surface area contributed by atoms with E-state index in [0.717, 1.165) is 25.7 Å². The van der Waals surface area contributed by atoms with Crippen molar-refractivity contribution in [3.8, 4) is 5.75 Å². The first kappa shape index (κ1) is 12.9. The molecule has 1 aliphatic rings. The second-order valence-electron chi connectivity index (χ2n) is 4.84. The molecule has 1 N–H and O–H groups in total. The summed E-state index contributed by atoms with van der Waals surface area (Å²) in [5.41, 5.74) is -0.217. The van der Waals surface area contributed by atoms with Gasteiger partial charge >= 0.3 is 0 Å². The monoisotopic (exact) mass is 251 g/mol. The maximum Gasteiger partial charge on any atom is 0.260 e. The van der Waals surface area contributed by atoms with Gasteiger partial charge in [0.05, 0.1) is 0 Å². The Hall–Kier alpha value is -1.58. The third-order valence-electron chi connectivity index (χ3n) is 3.65. The number of halogens is 1. The molecular weight excluding hydrogens is 233 g/mol. The summed E-state index contributed by atoms with van der Waals surface area (Å²) in [6, 6.07) is 4.08. The summed E-state index contributed by atoms with van der Waals surface area (Å²) in [5, 5.41) is 9.62. The molecule has 1 aromatic rings. The lowest BCUT2D eigenvalue weighted by Gasteiger charge is -2.31. The number of benzene rings is 1. The van der Waals surface area contributed by atoms with Crippen LogP contribution < -0.4 is 0 Å². The fourth-order valence-electron chi connectivity index (χ4n) is 2.53. The molecule has 0 atom stereocenters. The lowest BCUT2D eigenvalue weighted by molar-refractivity contribution is 0.0688. The molecule has 4 heteroatoms. The van der Waals surface area contributed by atoms with E-state index in [1.165, 1.54) is 24.6 Å². The summed E-state index contributed by atoms with van der Waals surface area (Å²) in [6.07, 6.45) is 5.31. The molecule has 1 saturated carbocycles.